The van der Waals surface area contributed by atoms with Gasteiger partial charge in [0.05, 0.1) is 0 Å². The van der Waals surface area contributed by atoms with Crippen molar-refractivity contribution in [3.63, 3.8) is 0 Å². The fraction of sp³-hybridized carbons (Fsp3) is 0.545. The first kappa shape index (κ1) is 12.7. The molecule has 1 amide bonds. The molecule has 0 fully saturated rings. The van der Waals surface area contributed by atoms with Gasteiger partial charge in [0.25, 0.3) is 5.91 Å². The molecule has 1 aliphatic rings. The molecule has 1 aliphatic heterocycles. The van der Waals surface area contributed by atoms with Gasteiger partial charge in [0, 0.05) is 37.4 Å². The van der Waals surface area contributed by atoms with Crippen LogP contribution in [-0.2, 0) is 4.79 Å². The topological polar surface area (TPSA) is 72.8 Å². The summed E-state index contributed by atoms with van der Waals surface area (Å²) in [4.78, 5) is 13.1. The zero-order chi connectivity index (χ0) is 12.1. The average molecular weight is 226 g/mol. The zero-order valence-corrected chi connectivity index (χ0v) is 9.44. The molecule has 90 valence electrons. The summed E-state index contributed by atoms with van der Waals surface area (Å²) in [5.74, 6) is 0.270. The third kappa shape index (κ3) is 3.08. The molecule has 1 heterocycles. The Bertz CT molecular complexity index is 308. The van der Waals surface area contributed by atoms with Gasteiger partial charge in [0.2, 0.25) is 0 Å². The number of carbonyl (C=O) groups excluding carboxylic acids is 1. The zero-order valence-electron chi connectivity index (χ0n) is 9.44. The lowest BCUT2D eigenvalue weighted by atomic mass is 10.1. The largest absolute Gasteiger partial charge is 0.396 e. The molecule has 0 aromatic heterocycles. The van der Waals surface area contributed by atoms with E-state index in [9.17, 15) is 4.79 Å². The van der Waals surface area contributed by atoms with Crippen LogP contribution in [0.4, 0.5) is 0 Å². The SMILES string of the molecule is C=C1NC(=O)C(C)=CN1CCC(CO)CO. The van der Waals surface area contributed by atoms with Gasteiger partial charge in [-0.15, -0.1) is 0 Å². The van der Waals surface area contributed by atoms with Crippen LogP contribution in [0.5, 0.6) is 0 Å². The fourth-order valence-electron chi connectivity index (χ4n) is 1.43. The van der Waals surface area contributed by atoms with E-state index in [0.29, 0.717) is 24.4 Å². The van der Waals surface area contributed by atoms with Crippen LogP contribution >= 0.6 is 0 Å². The van der Waals surface area contributed by atoms with Crippen LogP contribution in [0.1, 0.15) is 13.3 Å². The molecule has 1 rings (SSSR count). The lowest BCUT2D eigenvalue weighted by molar-refractivity contribution is -0.117. The van der Waals surface area contributed by atoms with Crippen LogP contribution in [-0.4, -0.2) is 40.8 Å². The normalized spacial score (nSPS) is 16.5. The minimum atomic E-state index is -0.137. The summed E-state index contributed by atoms with van der Waals surface area (Å²) in [6.07, 6.45) is 2.37. The van der Waals surface area contributed by atoms with Crippen molar-refractivity contribution in [3.8, 4) is 0 Å². The van der Waals surface area contributed by atoms with E-state index in [1.54, 1.807) is 13.1 Å². The number of carbonyl (C=O) groups is 1. The summed E-state index contributed by atoms with van der Waals surface area (Å²) >= 11 is 0. The maximum absolute atomic E-state index is 11.3. The van der Waals surface area contributed by atoms with Crippen LogP contribution in [0.3, 0.4) is 0 Å². The van der Waals surface area contributed by atoms with E-state index < -0.39 is 0 Å². The van der Waals surface area contributed by atoms with Crippen molar-refractivity contribution in [2.75, 3.05) is 19.8 Å². The highest BCUT2D eigenvalue weighted by Gasteiger charge is 2.18. The van der Waals surface area contributed by atoms with Crippen LogP contribution in [0.15, 0.2) is 24.2 Å². The Morgan fingerprint density at radius 1 is 1.50 bits per heavy atom. The summed E-state index contributed by atoms with van der Waals surface area (Å²) in [5.41, 5.74) is 0.622. The van der Waals surface area contributed by atoms with Gasteiger partial charge in [0.1, 0.15) is 5.82 Å². The minimum Gasteiger partial charge on any atom is -0.396 e. The highest BCUT2D eigenvalue weighted by molar-refractivity contribution is 5.94. The second kappa shape index (κ2) is 5.67. The number of hydrogen-bond acceptors (Lipinski definition) is 4. The smallest absolute Gasteiger partial charge is 0.253 e. The average Bonchev–Trinajstić information content (AvgIpc) is 2.26. The van der Waals surface area contributed by atoms with Gasteiger partial charge < -0.3 is 20.4 Å². The minimum absolute atomic E-state index is 0.0358. The Labute approximate surface area is 95.1 Å². The molecule has 0 spiro atoms. The lowest BCUT2D eigenvalue weighted by Gasteiger charge is -2.28. The van der Waals surface area contributed by atoms with E-state index in [-0.39, 0.29) is 25.0 Å². The number of nitrogens with one attached hydrogen (secondary N) is 1. The Balaban J connectivity index is 2.54. The number of amides is 1. The van der Waals surface area contributed by atoms with E-state index >= 15 is 0 Å². The second-order valence-corrected chi connectivity index (χ2v) is 3.93. The summed E-state index contributed by atoms with van der Waals surface area (Å²) in [5, 5.41) is 20.5. The van der Waals surface area contributed by atoms with Crippen LogP contribution in [0.25, 0.3) is 0 Å². The first-order chi connectivity index (χ1) is 7.58. The van der Waals surface area contributed by atoms with Gasteiger partial charge in [-0.05, 0) is 13.3 Å². The van der Waals surface area contributed by atoms with Crippen molar-refractivity contribution in [1.82, 2.24) is 10.2 Å². The predicted molar refractivity (Wildman–Crippen MR) is 60.0 cm³/mol. The molecular weight excluding hydrogens is 208 g/mol. The molecule has 0 atom stereocenters. The van der Waals surface area contributed by atoms with Gasteiger partial charge in [0.15, 0.2) is 0 Å². The number of aliphatic hydroxyl groups is 2. The highest BCUT2D eigenvalue weighted by atomic mass is 16.3. The van der Waals surface area contributed by atoms with Crippen LogP contribution < -0.4 is 5.32 Å². The standard InChI is InChI=1S/C11H18N2O3/c1-8-5-13(9(2)12-11(8)16)4-3-10(6-14)7-15/h5,10,14-15H,2-4,6-7H2,1H3,(H,12,16). The van der Waals surface area contributed by atoms with E-state index in [0.717, 1.165) is 0 Å². The third-order valence-corrected chi connectivity index (χ3v) is 2.61. The highest BCUT2D eigenvalue weighted by Crippen LogP contribution is 2.13. The quantitative estimate of drug-likeness (QED) is 0.606. The molecule has 0 saturated carbocycles. The molecule has 0 saturated heterocycles. The molecule has 0 aromatic rings. The number of hydrogen-bond donors (Lipinski definition) is 3. The molecule has 0 bridgehead atoms. The maximum atomic E-state index is 11.3. The number of rotatable bonds is 5. The van der Waals surface area contributed by atoms with Crippen molar-refractivity contribution < 1.29 is 15.0 Å². The van der Waals surface area contributed by atoms with E-state index in [1.165, 1.54) is 0 Å². The van der Waals surface area contributed by atoms with Crippen LogP contribution in [0, 0.1) is 5.92 Å². The van der Waals surface area contributed by atoms with Crippen molar-refractivity contribution in [2.24, 2.45) is 5.92 Å². The Hall–Kier alpha value is -1.33. The van der Waals surface area contributed by atoms with E-state index in [1.807, 2.05) is 4.90 Å². The van der Waals surface area contributed by atoms with Gasteiger partial charge >= 0.3 is 0 Å². The molecule has 0 radical (unpaired) electrons. The van der Waals surface area contributed by atoms with E-state index in [2.05, 4.69) is 11.9 Å². The fourth-order valence-corrected chi connectivity index (χ4v) is 1.43. The van der Waals surface area contributed by atoms with E-state index in [4.69, 9.17) is 10.2 Å². The molecule has 5 nitrogen and oxygen atoms in total. The van der Waals surface area contributed by atoms with Crippen molar-refractivity contribution in [1.29, 1.82) is 0 Å². The lowest BCUT2D eigenvalue weighted by Crippen LogP contribution is -2.38. The van der Waals surface area contributed by atoms with Gasteiger partial charge in [-0.3, -0.25) is 4.79 Å². The third-order valence-electron chi connectivity index (χ3n) is 2.61. The Morgan fingerprint density at radius 2 is 2.12 bits per heavy atom. The molecule has 3 N–H and O–H groups in total. The Morgan fingerprint density at radius 3 is 2.69 bits per heavy atom. The number of nitrogens with zero attached hydrogens (tertiary/aromatic N) is 1. The molecule has 0 unspecified atom stereocenters. The molecule has 0 aromatic carbocycles. The van der Waals surface area contributed by atoms with Crippen molar-refractivity contribution in [3.05, 3.63) is 24.2 Å². The second-order valence-electron chi connectivity index (χ2n) is 3.93. The first-order valence-electron chi connectivity index (χ1n) is 5.25. The molecule has 5 heteroatoms. The van der Waals surface area contributed by atoms with Gasteiger partial charge in [-0.1, -0.05) is 6.58 Å². The van der Waals surface area contributed by atoms with Crippen LogP contribution in [0.2, 0.25) is 0 Å². The molecule has 0 aliphatic carbocycles. The summed E-state index contributed by atoms with van der Waals surface area (Å²) in [6.45, 7) is 6.00. The summed E-state index contributed by atoms with van der Waals surface area (Å²) in [6, 6.07) is 0. The molecular formula is C11H18N2O3. The van der Waals surface area contributed by atoms with Gasteiger partial charge in [-0.25, -0.2) is 0 Å². The first-order valence-corrected chi connectivity index (χ1v) is 5.25. The van der Waals surface area contributed by atoms with Crippen molar-refractivity contribution >= 4 is 5.91 Å². The van der Waals surface area contributed by atoms with Crippen molar-refractivity contribution in [2.45, 2.75) is 13.3 Å². The van der Waals surface area contributed by atoms with Gasteiger partial charge in [-0.2, -0.15) is 0 Å². The summed E-state index contributed by atoms with van der Waals surface area (Å²) < 4.78 is 0. The summed E-state index contributed by atoms with van der Waals surface area (Å²) in [7, 11) is 0. The predicted octanol–water partition coefficient (Wildman–Crippen LogP) is -0.216. The Kier molecular flexibility index (Phi) is 4.52. The number of aliphatic hydroxyl groups excluding tert-OH is 2. The maximum Gasteiger partial charge on any atom is 0.253 e. The monoisotopic (exact) mass is 226 g/mol. The molecule has 16 heavy (non-hydrogen) atoms.